The van der Waals surface area contributed by atoms with Crippen molar-refractivity contribution in [3.63, 3.8) is 0 Å². The van der Waals surface area contributed by atoms with Crippen LogP contribution in [-0.2, 0) is 9.53 Å². The number of amides is 1. The van der Waals surface area contributed by atoms with Crippen LogP contribution in [0.25, 0.3) is 0 Å². The van der Waals surface area contributed by atoms with Crippen molar-refractivity contribution in [2.75, 3.05) is 0 Å². The lowest BCUT2D eigenvalue weighted by molar-refractivity contribution is -0.138. The summed E-state index contributed by atoms with van der Waals surface area (Å²) in [4.78, 5) is 21.1. The molecular formula is C7H8INO4. The number of halogens is 1. The second kappa shape index (κ2) is 5.64. The van der Waals surface area contributed by atoms with Gasteiger partial charge in [0, 0.05) is 0 Å². The summed E-state index contributed by atoms with van der Waals surface area (Å²) < 4.78 is 3.86. The third kappa shape index (κ3) is 5.30. The molecule has 72 valence electrons. The highest BCUT2D eigenvalue weighted by Crippen LogP contribution is 2.00. The lowest BCUT2D eigenvalue weighted by atomic mass is 10.4. The van der Waals surface area contributed by atoms with Gasteiger partial charge in [0.1, 0.15) is 6.04 Å². The maximum atomic E-state index is 10.8. The van der Waals surface area contributed by atoms with E-state index in [1.807, 2.05) is 0 Å². The molecule has 0 aliphatic heterocycles. The van der Waals surface area contributed by atoms with E-state index in [1.165, 1.54) is 6.92 Å². The van der Waals surface area contributed by atoms with Crippen molar-refractivity contribution in [2.24, 2.45) is 0 Å². The van der Waals surface area contributed by atoms with Gasteiger partial charge in [-0.1, -0.05) is 5.92 Å². The van der Waals surface area contributed by atoms with E-state index in [0.717, 1.165) is 0 Å². The minimum Gasteiger partial charge on any atom is -0.480 e. The van der Waals surface area contributed by atoms with Crippen LogP contribution in [0.3, 0.4) is 0 Å². The Morgan fingerprint density at radius 1 is 1.69 bits per heavy atom. The SMILES string of the molecule is C#CC(I)OC(=O)NC(C)C(=O)O. The van der Waals surface area contributed by atoms with Crippen LogP contribution in [0.15, 0.2) is 0 Å². The summed E-state index contributed by atoms with van der Waals surface area (Å²) in [6.45, 7) is 1.32. The van der Waals surface area contributed by atoms with Gasteiger partial charge in [0.25, 0.3) is 0 Å². The molecular weight excluding hydrogens is 289 g/mol. The topological polar surface area (TPSA) is 75.6 Å². The number of carboxylic acids is 1. The Balaban J connectivity index is 3.89. The number of hydrogen-bond donors (Lipinski definition) is 2. The van der Waals surface area contributed by atoms with Gasteiger partial charge in [-0.25, -0.2) is 4.79 Å². The van der Waals surface area contributed by atoms with E-state index in [1.54, 1.807) is 22.6 Å². The third-order valence-corrected chi connectivity index (χ3v) is 1.66. The lowest BCUT2D eigenvalue weighted by Crippen LogP contribution is -2.39. The van der Waals surface area contributed by atoms with Crippen molar-refractivity contribution in [3.8, 4) is 12.3 Å². The monoisotopic (exact) mass is 297 g/mol. The standard InChI is InChI=1S/C7H8INO4/c1-3-5(8)13-7(12)9-4(2)6(10)11/h1,4-5H,2H3,(H,9,12)(H,10,11). The number of rotatable bonds is 3. The highest BCUT2D eigenvalue weighted by molar-refractivity contribution is 14.1. The second-order valence-corrected chi connectivity index (χ2v) is 3.22. The van der Waals surface area contributed by atoms with E-state index in [2.05, 4.69) is 16.0 Å². The molecule has 5 nitrogen and oxygen atoms in total. The smallest absolute Gasteiger partial charge is 0.409 e. The molecule has 2 N–H and O–H groups in total. The molecule has 0 heterocycles. The first-order chi connectivity index (χ1) is 5.97. The van der Waals surface area contributed by atoms with Gasteiger partial charge in [-0.15, -0.1) is 6.42 Å². The van der Waals surface area contributed by atoms with Gasteiger partial charge in [0.2, 0.25) is 4.11 Å². The summed E-state index contributed by atoms with van der Waals surface area (Å²) >= 11 is 1.72. The first-order valence-corrected chi connectivity index (χ1v) is 4.52. The van der Waals surface area contributed by atoms with E-state index >= 15 is 0 Å². The molecule has 13 heavy (non-hydrogen) atoms. The van der Waals surface area contributed by atoms with Crippen LogP contribution >= 0.6 is 22.6 Å². The Kier molecular flexibility index (Phi) is 5.22. The number of hydrogen-bond acceptors (Lipinski definition) is 3. The predicted octanol–water partition coefficient (Wildman–Crippen LogP) is 0.580. The van der Waals surface area contributed by atoms with Crippen LogP contribution in [0.2, 0.25) is 0 Å². The van der Waals surface area contributed by atoms with Crippen molar-refractivity contribution >= 4 is 34.7 Å². The summed E-state index contributed by atoms with van der Waals surface area (Å²) in [5, 5.41) is 10.5. The Hall–Kier alpha value is -0.970. The van der Waals surface area contributed by atoms with Gasteiger partial charge in [-0.2, -0.15) is 0 Å². The van der Waals surface area contributed by atoms with E-state index in [-0.39, 0.29) is 0 Å². The maximum Gasteiger partial charge on any atom is 0.409 e. The Labute approximate surface area is 89.0 Å². The van der Waals surface area contributed by atoms with Crippen molar-refractivity contribution in [3.05, 3.63) is 0 Å². The molecule has 0 aliphatic carbocycles. The highest BCUT2D eigenvalue weighted by atomic mass is 127. The number of carbonyl (C=O) groups excluding carboxylic acids is 1. The van der Waals surface area contributed by atoms with Gasteiger partial charge in [-0.05, 0) is 29.5 Å². The highest BCUT2D eigenvalue weighted by Gasteiger charge is 2.16. The van der Waals surface area contributed by atoms with E-state index in [4.69, 9.17) is 11.5 Å². The normalized spacial score (nSPS) is 13.6. The number of nitrogens with one attached hydrogen (secondary N) is 1. The number of aliphatic carboxylic acids is 1. The number of ether oxygens (including phenoxy) is 1. The molecule has 0 aromatic rings. The van der Waals surface area contributed by atoms with Crippen LogP contribution in [0, 0.1) is 12.3 Å². The molecule has 0 aromatic heterocycles. The molecule has 0 spiro atoms. The zero-order valence-electron chi connectivity index (χ0n) is 6.78. The van der Waals surface area contributed by atoms with E-state index < -0.39 is 22.2 Å². The molecule has 0 radical (unpaired) electrons. The molecule has 6 heteroatoms. The summed E-state index contributed by atoms with van der Waals surface area (Å²) in [5.74, 6) is 1.02. The van der Waals surface area contributed by atoms with Crippen LogP contribution in [0.4, 0.5) is 4.79 Å². The Bertz CT molecular complexity index is 247. The average Bonchev–Trinajstić information content (AvgIpc) is 2.03. The summed E-state index contributed by atoms with van der Waals surface area (Å²) in [6.07, 6.45) is 4.09. The van der Waals surface area contributed by atoms with Crippen molar-refractivity contribution in [1.82, 2.24) is 5.32 Å². The van der Waals surface area contributed by atoms with Gasteiger partial charge in [0.15, 0.2) is 0 Å². The molecule has 1 amide bonds. The van der Waals surface area contributed by atoms with E-state index in [9.17, 15) is 9.59 Å². The molecule has 2 atom stereocenters. The van der Waals surface area contributed by atoms with Crippen molar-refractivity contribution < 1.29 is 19.4 Å². The van der Waals surface area contributed by atoms with Crippen LogP contribution < -0.4 is 5.32 Å². The van der Waals surface area contributed by atoms with Crippen molar-refractivity contribution in [1.29, 1.82) is 0 Å². The Morgan fingerprint density at radius 3 is 2.62 bits per heavy atom. The van der Waals surface area contributed by atoms with E-state index in [0.29, 0.717) is 0 Å². The average molecular weight is 297 g/mol. The fourth-order valence-electron chi connectivity index (χ4n) is 0.401. The first kappa shape index (κ1) is 12.0. The van der Waals surface area contributed by atoms with Gasteiger partial charge in [-0.3, -0.25) is 4.79 Å². The summed E-state index contributed by atoms with van der Waals surface area (Å²) in [6, 6.07) is -0.992. The molecule has 0 fully saturated rings. The van der Waals surface area contributed by atoms with Crippen LogP contribution in [0.5, 0.6) is 0 Å². The summed E-state index contributed by atoms with van der Waals surface area (Å²) in [7, 11) is 0. The van der Waals surface area contributed by atoms with Crippen molar-refractivity contribution in [2.45, 2.75) is 17.1 Å². The number of alkyl carbamates (subject to hydrolysis) is 1. The third-order valence-electron chi connectivity index (χ3n) is 1.05. The molecule has 0 saturated heterocycles. The predicted molar refractivity (Wildman–Crippen MR) is 53.4 cm³/mol. The second-order valence-electron chi connectivity index (χ2n) is 2.09. The van der Waals surface area contributed by atoms with Crippen LogP contribution in [0.1, 0.15) is 6.92 Å². The first-order valence-electron chi connectivity index (χ1n) is 3.27. The Morgan fingerprint density at radius 2 is 2.23 bits per heavy atom. The molecule has 0 aliphatic rings. The molecule has 2 unspecified atom stereocenters. The minimum absolute atomic E-state index is 0.696. The largest absolute Gasteiger partial charge is 0.480 e. The molecule has 0 saturated carbocycles. The zero-order chi connectivity index (χ0) is 10.4. The fraction of sp³-hybridized carbons (Fsp3) is 0.429. The number of terminal acetylenes is 1. The summed E-state index contributed by atoms with van der Waals surface area (Å²) in [5.41, 5.74) is 0. The van der Waals surface area contributed by atoms with Gasteiger partial charge in [0.05, 0.1) is 0 Å². The lowest BCUT2D eigenvalue weighted by Gasteiger charge is -2.10. The van der Waals surface area contributed by atoms with Gasteiger partial charge < -0.3 is 15.2 Å². The molecule has 0 aromatic carbocycles. The van der Waals surface area contributed by atoms with Gasteiger partial charge >= 0.3 is 12.1 Å². The number of carbonyl (C=O) groups is 2. The quantitative estimate of drug-likeness (QED) is 0.454. The number of carboxylic acid groups (broad SMARTS) is 1. The zero-order valence-corrected chi connectivity index (χ0v) is 8.94. The number of alkyl halides is 1. The molecule has 0 rings (SSSR count). The fourth-order valence-corrected chi connectivity index (χ4v) is 0.631. The van der Waals surface area contributed by atoms with Crippen LogP contribution in [-0.4, -0.2) is 27.3 Å². The maximum absolute atomic E-state index is 10.8. The minimum atomic E-state index is -1.14. The molecule has 0 bridgehead atoms.